The highest BCUT2D eigenvalue weighted by molar-refractivity contribution is 6.33. The van der Waals surface area contributed by atoms with E-state index in [9.17, 15) is 9.59 Å². The summed E-state index contributed by atoms with van der Waals surface area (Å²) in [4.78, 5) is 24.2. The van der Waals surface area contributed by atoms with Crippen LogP contribution >= 0.6 is 11.6 Å². The number of hydrazone groups is 1. The maximum Gasteiger partial charge on any atom is 0.339 e. The van der Waals surface area contributed by atoms with Crippen LogP contribution in [0.25, 0.3) is 33.1 Å². The highest BCUT2D eigenvalue weighted by Gasteiger charge is 2.14. The SMILES string of the molecule is COC(=O)c1ccc(-c2ccc(/C=N/NC(=O)c3cc4c(ccc5ccccc54)o3)o2)cc1Cl. The number of rotatable bonds is 5. The lowest BCUT2D eigenvalue weighted by molar-refractivity contribution is 0.0600. The predicted molar refractivity (Wildman–Crippen MR) is 129 cm³/mol. The summed E-state index contributed by atoms with van der Waals surface area (Å²) in [5, 5.41) is 7.14. The van der Waals surface area contributed by atoms with Gasteiger partial charge in [0.05, 0.1) is 23.9 Å². The number of methoxy groups -OCH3 is 1. The predicted octanol–water partition coefficient (Wildman–Crippen LogP) is 6.05. The van der Waals surface area contributed by atoms with Crippen molar-refractivity contribution in [3.63, 3.8) is 0 Å². The van der Waals surface area contributed by atoms with E-state index in [2.05, 4.69) is 10.5 Å². The van der Waals surface area contributed by atoms with E-state index in [1.807, 2.05) is 36.4 Å². The third-order valence-corrected chi connectivity index (χ3v) is 5.61. The van der Waals surface area contributed by atoms with Crippen LogP contribution in [0, 0.1) is 0 Å². The monoisotopic (exact) mass is 472 g/mol. The van der Waals surface area contributed by atoms with E-state index in [0.717, 1.165) is 16.2 Å². The summed E-state index contributed by atoms with van der Waals surface area (Å²) >= 11 is 6.17. The molecule has 0 atom stereocenters. The van der Waals surface area contributed by atoms with Crippen LogP contribution in [0.4, 0.5) is 0 Å². The summed E-state index contributed by atoms with van der Waals surface area (Å²) in [5.41, 5.74) is 4.01. The zero-order valence-electron chi connectivity index (χ0n) is 17.9. The molecule has 34 heavy (non-hydrogen) atoms. The first kappa shape index (κ1) is 21.5. The van der Waals surface area contributed by atoms with Crippen molar-refractivity contribution in [1.82, 2.24) is 5.43 Å². The summed E-state index contributed by atoms with van der Waals surface area (Å²) in [5.74, 6) is 0.101. The highest BCUT2D eigenvalue weighted by atomic mass is 35.5. The summed E-state index contributed by atoms with van der Waals surface area (Å²) in [7, 11) is 1.29. The quantitative estimate of drug-likeness (QED) is 0.191. The molecule has 7 nitrogen and oxygen atoms in total. The van der Waals surface area contributed by atoms with Gasteiger partial charge in [0.1, 0.15) is 17.1 Å². The number of furan rings is 2. The standard InChI is InChI=1S/C26H17ClN2O5/c1-32-26(31)19-9-6-16(12-21(19)27)22-11-8-17(33-22)14-28-29-25(30)24-13-20-18-5-3-2-4-15(18)7-10-23(20)34-24/h2-14H,1H3,(H,29,30)/b28-14+. The lowest BCUT2D eigenvalue weighted by Crippen LogP contribution is -2.16. The van der Waals surface area contributed by atoms with Crippen LogP contribution in [0.15, 0.2) is 86.7 Å². The van der Waals surface area contributed by atoms with Crippen LogP contribution in [0.5, 0.6) is 0 Å². The fraction of sp³-hybridized carbons (Fsp3) is 0.0385. The molecule has 0 saturated carbocycles. The minimum atomic E-state index is -0.516. The first-order chi connectivity index (χ1) is 16.5. The van der Waals surface area contributed by atoms with Crippen molar-refractivity contribution in [2.75, 3.05) is 7.11 Å². The van der Waals surface area contributed by atoms with Gasteiger partial charge in [-0.15, -0.1) is 0 Å². The lowest BCUT2D eigenvalue weighted by atomic mass is 10.1. The first-order valence-electron chi connectivity index (χ1n) is 10.3. The molecular formula is C26H17ClN2O5. The minimum absolute atomic E-state index is 0.156. The number of halogens is 1. The Balaban J connectivity index is 1.29. The van der Waals surface area contributed by atoms with Crippen LogP contribution in [-0.2, 0) is 4.74 Å². The molecule has 2 aromatic heterocycles. The second-order valence-electron chi connectivity index (χ2n) is 7.40. The number of nitrogens with one attached hydrogen (secondary N) is 1. The molecule has 5 aromatic rings. The third-order valence-electron chi connectivity index (χ3n) is 5.29. The molecular weight excluding hydrogens is 456 g/mol. The van der Waals surface area contributed by atoms with Crippen LogP contribution < -0.4 is 5.43 Å². The van der Waals surface area contributed by atoms with E-state index in [4.69, 9.17) is 25.2 Å². The molecule has 0 bridgehead atoms. The Labute approximate surface area is 198 Å². The molecule has 0 aliphatic carbocycles. The molecule has 1 N–H and O–H groups in total. The number of carbonyl (C=O) groups is 2. The average molecular weight is 473 g/mol. The van der Waals surface area contributed by atoms with Gasteiger partial charge in [0.15, 0.2) is 5.76 Å². The number of carbonyl (C=O) groups excluding carboxylic acids is 2. The lowest BCUT2D eigenvalue weighted by Gasteiger charge is -2.04. The maximum atomic E-state index is 12.5. The molecule has 0 spiro atoms. The minimum Gasteiger partial charge on any atom is -0.465 e. The summed E-state index contributed by atoms with van der Waals surface area (Å²) in [6.07, 6.45) is 1.38. The van der Waals surface area contributed by atoms with Crippen LogP contribution in [0.3, 0.4) is 0 Å². The fourth-order valence-electron chi connectivity index (χ4n) is 3.64. The molecule has 1 amide bonds. The zero-order valence-corrected chi connectivity index (χ0v) is 18.6. The van der Waals surface area contributed by atoms with Crippen LogP contribution in [-0.4, -0.2) is 25.2 Å². The molecule has 0 radical (unpaired) electrons. The van der Waals surface area contributed by atoms with E-state index in [1.165, 1.54) is 13.3 Å². The largest absolute Gasteiger partial charge is 0.465 e. The van der Waals surface area contributed by atoms with Crippen molar-refractivity contribution in [3.8, 4) is 11.3 Å². The zero-order chi connectivity index (χ0) is 23.7. The molecule has 2 heterocycles. The summed E-state index contributed by atoms with van der Waals surface area (Å²) in [6.45, 7) is 0. The second-order valence-corrected chi connectivity index (χ2v) is 7.80. The molecule has 0 aliphatic heterocycles. The maximum absolute atomic E-state index is 12.5. The third kappa shape index (κ3) is 4.04. The average Bonchev–Trinajstić information content (AvgIpc) is 3.51. The van der Waals surface area contributed by atoms with Gasteiger partial charge >= 0.3 is 11.9 Å². The second kappa shape index (κ2) is 8.88. The molecule has 0 aliphatic rings. The van der Waals surface area contributed by atoms with Crippen LogP contribution in [0.1, 0.15) is 26.7 Å². The van der Waals surface area contributed by atoms with Gasteiger partial charge < -0.3 is 13.6 Å². The molecule has 0 saturated heterocycles. The Hall–Kier alpha value is -4.36. The van der Waals surface area contributed by atoms with Gasteiger partial charge in [-0.3, -0.25) is 4.79 Å². The Morgan fingerprint density at radius 2 is 1.82 bits per heavy atom. The molecule has 168 valence electrons. The number of esters is 1. The Bertz CT molecular complexity index is 1580. The Morgan fingerprint density at radius 3 is 2.65 bits per heavy atom. The van der Waals surface area contributed by atoms with Gasteiger partial charge in [-0.1, -0.05) is 48.0 Å². The first-order valence-corrected chi connectivity index (χ1v) is 10.6. The fourth-order valence-corrected chi connectivity index (χ4v) is 3.89. The Kier molecular flexibility index (Phi) is 5.61. The van der Waals surface area contributed by atoms with Crippen molar-refractivity contribution in [2.24, 2.45) is 5.10 Å². The van der Waals surface area contributed by atoms with Gasteiger partial charge in [0.2, 0.25) is 0 Å². The summed E-state index contributed by atoms with van der Waals surface area (Å²) in [6, 6.07) is 21.7. The number of nitrogens with zero attached hydrogens (tertiary/aromatic N) is 1. The number of hydrogen-bond donors (Lipinski definition) is 1. The van der Waals surface area contributed by atoms with Gasteiger partial charge in [0.25, 0.3) is 0 Å². The number of ether oxygens (including phenoxy) is 1. The van der Waals surface area contributed by atoms with E-state index in [1.54, 1.807) is 36.4 Å². The smallest absolute Gasteiger partial charge is 0.339 e. The van der Waals surface area contributed by atoms with Crippen molar-refractivity contribution in [1.29, 1.82) is 0 Å². The van der Waals surface area contributed by atoms with Gasteiger partial charge in [-0.05, 0) is 47.2 Å². The van der Waals surface area contributed by atoms with Crippen molar-refractivity contribution < 1.29 is 23.2 Å². The van der Waals surface area contributed by atoms with E-state index in [0.29, 0.717) is 22.7 Å². The van der Waals surface area contributed by atoms with Crippen molar-refractivity contribution >= 4 is 51.4 Å². The number of amides is 1. The van der Waals surface area contributed by atoms with Gasteiger partial charge in [-0.25, -0.2) is 10.2 Å². The highest BCUT2D eigenvalue weighted by Crippen LogP contribution is 2.29. The molecule has 5 rings (SSSR count). The van der Waals surface area contributed by atoms with Gasteiger partial charge in [0, 0.05) is 10.9 Å². The molecule has 3 aromatic carbocycles. The molecule has 0 fully saturated rings. The number of hydrogen-bond acceptors (Lipinski definition) is 6. The van der Waals surface area contributed by atoms with Crippen molar-refractivity contribution in [2.45, 2.75) is 0 Å². The van der Waals surface area contributed by atoms with E-state index < -0.39 is 11.9 Å². The normalized spacial score (nSPS) is 11.4. The Morgan fingerprint density at radius 1 is 0.971 bits per heavy atom. The van der Waals surface area contributed by atoms with E-state index >= 15 is 0 Å². The van der Waals surface area contributed by atoms with E-state index in [-0.39, 0.29) is 16.3 Å². The molecule has 8 heteroatoms. The number of fused-ring (bicyclic) bond motifs is 3. The topological polar surface area (TPSA) is 94.0 Å². The van der Waals surface area contributed by atoms with Gasteiger partial charge in [-0.2, -0.15) is 5.10 Å². The van der Waals surface area contributed by atoms with Crippen molar-refractivity contribution in [3.05, 3.63) is 94.9 Å². The van der Waals surface area contributed by atoms with Crippen LogP contribution in [0.2, 0.25) is 5.02 Å². The number of benzene rings is 3. The summed E-state index contributed by atoms with van der Waals surface area (Å²) < 4.78 is 16.1. The molecule has 0 unspecified atom stereocenters.